The molecule has 94 valence electrons. The van der Waals surface area contributed by atoms with E-state index in [4.69, 9.17) is 10.8 Å². The summed E-state index contributed by atoms with van der Waals surface area (Å²) in [6, 6.07) is 0. The number of rotatable bonds is 3. The fourth-order valence-corrected chi connectivity index (χ4v) is 3.44. The lowest BCUT2D eigenvalue weighted by Crippen LogP contribution is -2.31. The summed E-state index contributed by atoms with van der Waals surface area (Å²) in [7, 11) is 0. The number of hydrogen-bond donors (Lipinski definition) is 2. The molecule has 1 aliphatic rings. The third-order valence-corrected chi connectivity index (χ3v) is 4.17. The third kappa shape index (κ3) is 2.76. The van der Waals surface area contributed by atoms with Crippen LogP contribution in [0.1, 0.15) is 47.0 Å². The van der Waals surface area contributed by atoms with E-state index in [0.29, 0.717) is 18.4 Å². The van der Waals surface area contributed by atoms with Crippen molar-refractivity contribution in [3.8, 4) is 0 Å². The Morgan fingerprint density at radius 3 is 2.31 bits per heavy atom. The predicted molar refractivity (Wildman–Crippen MR) is 65.1 cm³/mol. The molecule has 3 N–H and O–H groups in total. The number of hydrogen-bond acceptors (Lipinski definition) is 2. The molecule has 0 radical (unpaired) electrons. The summed E-state index contributed by atoms with van der Waals surface area (Å²) < 4.78 is 0. The first-order valence-corrected chi connectivity index (χ1v) is 6.12. The topological polar surface area (TPSA) is 63.3 Å². The molecule has 16 heavy (non-hydrogen) atoms. The van der Waals surface area contributed by atoms with Crippen LogP contribution in [0, 0.1) is 22.7 Å². The fraction of sp³-hybridized carbons (Fsp3) is 0.923. The zero-order valence-corrected chi connectivity index (χ0v) is 10.9. The molecule has 3 atom stereocenters. The van der Waals surface area contributed by atoms with Gasteiger partial charge in [-0.2, -0.15) is 0 Å². The van der Waals surface area contributed by atoms with Crippen LogP contribution < -0.4 is 5.73 Å². The van der Waals surface area contributed by atoms with E-state index in [9.17, 15) is 4.79 Å². The second-order valence-corrected chi connectivity index (χ2v) is 6.63. The lowest BCUT2D eigenvalue weighted by atomic mass is 9.74. The Labute approximate surface area is 98.4 Å². The molecular formula is C13H25NO2. The average Bonchev–Trinajstić information content (AvgIpc) is 2.42. The molecule has 0 saturated heterocycles. The zero-order valence-electron chi connectivity index (χ0n) is 10.9. The second kappa shape index (κ2) is 4.36. The van der Waals surface area contributed by atoms with Crippen LogP contribution in [0.15, 0.2) is 0 Å². The lowest BCUT2D eigenvalue weighted by Gasteiger charge is -2.32. The van der Waals surface area contributed by atoms with Crippen LogP contribution >= 0.6 is 0 Å². The smallest absolute Gasteiger partial charge is 0.303 e. The number of carbonyl (C=O) groups is 1. The van der Waals surface area contributed by atoms with E-state index in [0.717, 1.165) is 12.8 Å². The molecule has 0 spiro atoms. The second-order valence-electron chi connectivity index (χ2n) is 6.63. The summed E-state index contributed by atoms with van der Waals surface area (Å²) in [6.45, 7) is 9.44. The Hall–Kier alpha value is -0.570. The minimum atomic E-state index is -0.716. The highest BCUT2D eigenvalue weighted by Crippen LogP contribution is 2.53. The van der Waals surface area contributed by atoms with Crippen molar-refractivity contribution in [2.45, 2.75) is 47.0 Å². The molecule has 0 heterocycles. The van der Waals surface area contributed by atoms with E-state index in [1.54, 1.807) is 0 Å². The highest BCUT2D eigenvalue weighted by atomic mass is 16.4. The molecule has 0 aromatic heterocycles. The van der Waals surface area contributed by atoms with Crippen molar-refractivity contribution < 1.29 is 9.90 Å². The molecule has 1 rings (SSSR count). The fourth-order valence-electron chi connectivity index (χ4n) is 3.44. The van der Waals surface area contributed by atoms with Gasteiger partial charge in [-0.1, -0.05) is 27.7 Å². The Morgan fingerprint density at radius 1 is 1.44 bits per heavy atom. The Bertz CT molecular complexity index is 270. The van der Waals surface area contributed by atoms with Gasteiger partial charge >= 0.3 is 5.97 Å². The molecule has 0 unspecified atom stereocenters. The van der Waals surface area contributed by atoms with Crippen molar-refractivity contribution in [3.05, 3.63) is 0 Å². The summed E-state index contributed by atoms with van der Waals surface area (Å²) in [4.78, 5) is 10.9. The van der Waals surface area contributed by atoms with Gasteiger partial charge in [-0.25, -0.2) is 0 Å². The number of carboxylic acid groups (broad SMARTS) is 1. The zero-order chi connectivity index (χ0) is 12.6. The first-order valence-electron chi connectivity index (χ1n) is 6.12. The molecule has 0 aromatic rings. The number of nitrogens with two attached hydrogens (primary N) is 1. The van der Waals surface area contributed by atoms with E-state index in [2.05, 4.69) is 27.7 Å². The van der Waals surface area contributed by atoms with Crippen molar-refractivity contribution >= 4 is 5.97 Å². The van der Waals surface area contributed by atoms with Gasteiger partial charge in [-0.3, -0.25) is 4.79 Å². The molecule has 1 aliphatic carbocycles. The standard InChI is InChI=1S/C13H25NO2/c1-9-5-13(8-14,7-11(15)16)6-10(9)12(2,3)4/h9-10H,5-8,14H2,1-4H3,(H,15,16)/t9-,10-,13+/m1/s1. The van der Waals surface area contributed by atoms with Gasteiger partial charge in [0.05, 0.1) is 6.42 Å². The SMILES string of the molecule is C[C@@H]1C[C@@](CN)(CC(=O)O)C[C@H]1C(C)(C)C. The number of carboxylic acids is 1. The maximum absolute atomic E-state index is 10.9. The summed E-state index contributed by atoms with van der Waals surface area (Å²) in [5.41, 5.74) is 5.90. The monoisotopic (exact) mass is 227 g/mol. The summed E-state index contributed by atoms with van der Waals surface area (Å²) >= 11 is 0. The van der Waals surface area contributed by atoms with Gasteiger partial charge < -0.3 is 10.8 Å². The van der Waals surface area contributed by atoms with Crippen molar-refractivity contribution in [2.24, 2.45) is 28.4 Å². The maximum Gasteiger partial charge on any atom is 0.303 e. The van der Waals surface area contributed by atoms with E-state index in [-0.39, 0.29) is 17.3 Å². The molecule has 1 fully saturated rings. The molecule has 1 saturated carbocycles. The largest absolute Gasteiger partial charge is 0.481 e. The Morgan fingerprint density at radius 2 is 2.00 bits per heavy atom. The van der Waals surface area contributed by atoms with Crippen LogP contribution in [0.4, 0.5) is 0 Å². The van der Waals surface area contributed by atoms with Crippen LogP contribution in [0.3, 0.4) is 0 Å². The minimum Gasteiger partial charge on any atom is -0.481 e. The molecule has 0 aliphatic heterocycles. The summed E-state index contributed by atoms with van der Waals surface area (Å²) in [6.07, 6.45) is 2.14. The number of aliphatic carboxylic acids is 1. The molecule has 0 amide bonds. The first-order chi connectivity index (χ1) is 7.20. The molecule has 3 nitrogen and oxygen atoms in total. The van der Waals surface area contributed by atoms with Crippen LogP contribution in [0.5, 0.6) is 0 Å². The van der Waals surface area contributed by atoms with E-state index < -0.39 is 5.97 Å². The van der Waals surface area contributed by atoms with Gasteiger partial charge in [-0.15, -0.1) is 0 Å². The lowest BCUT2D eigenvalue weighted by molar-refractivity contribution is -0.139. The van der Waals surface area contributed by atoms with Gasteiger partial charge in [0, 0.05) is 0 Å². The van der Waals surface area contributed by atoms with Crippen molar-refractivity contribution in [1.82, 2.24) is 0 Å². The van der Waals surface area contributed by atoms with Crippen molar-refractivity contribution in [3.63, 3.8) is 0 Å². The van der Waals surface area contributed by atoms with Crippen molar-refractivity contribution in [2.75, 3.05) is 6.54 Å². The molecule has 3 heteroatoms. The highest BCUT2D eigenvalue weighted by Gasteiger charge is 2.47. The quantitative estimate of drug-likeness (QED) is 0.778. The van der Waals surface area contributed by atoms with Crippen LogP contribution in [0.2, 0.25) is 0 Å². The molecule has 0 bridgehead atoms. The van der Waals surface area contributed by atoms with Crippen LogP contribution in [-0.2, 0) is 4.79 Å². The van der Waals surface area contributed by atoms with Gasteiger partial charge in [-0.05, 0) is 42.1 Å². The average molecular weight is 227 g/mol. The van der Waals surface area contributed by atoms with Gasteiger partial charge in [0.15, 0.2) is 0 Å². The summed E-state index contributed by atoms with van der Waals surface area (Å²) in [5, 5.41) is 8.99. The third-order valence-electron chi connectivity index (χ3n) is 4.17. The first kappa shape index (κ1) is 13.5. The highest BCUT2D eigenvalue weighted by molar-refractivity contribution is 5.67. The Balaban J connectivity index is 2.83. The van der Waals surface area contributed by atoms with Crippen molar-refractivity contribution in [1.29, 1.82) is 0 Å². The molecule has 0 aromatic carbocycles. The van der Waals surface area contributed by atoms with Gasteiger partial charge in [0.1, 0.15) is 0 Å². The predicted octanol–water partition coefficient (Wildman–Crippen LogP) is 2.50. The van der Waals surface area contributed by atoms with Crippen LogP contribution in [-0.4, -0.2) is 17.6 Å². The van der Waals surface area contributed by atoms with E-state index in [1.165, 1.54) is 0 Å². The van der Waals surface area contributed by atoms with Gasteiger partial charge in [0.2, 0.25) is 0 Å². The van der Waals surface area contributed by atoms with Gasteiger partial charge in [0.25, 0.3) is 0 Å². The Kier molecular flexibility index (Phi) is 3.68. The van der Waals surface area contributed by atoms with Crippen LogP contribution in [0.25, 0.3) is 0 Å². The van der Waals surface area contributed by atoms with E-state index >= 15 is 0 Å². The summed E-state index contributed by atoms with van der Waals surface area (Å²) in [5.74, 6) is 0.436. The minimum absolute atomic E-state index is 0.163. The maximum atomic E-state index is 10.9. The molecular weight excluding hydrogens is 202 g/mol. The van der Waals surface area contributed by atoms with E-state index in [1.807, 2.05) is 0 Å². The normalized spacial score (nSPS) is 35.3.